The molecule has 0 amide bonds. The highest BCUT2D eigenvalue weighted by molar-refractivity contribution is 6.59. The summed E-state index contributed by atoms with van der Waals surface area (Å²) < 4.78 is 4.86. The van der Waals surface area contributed by atoms with Gasteiger partial charge >= 0.3 is 0 Å². The SMILES string of the molecule is CC(C)OC(Cl)=C(Cl)Cl. The molecule has 0 bridgehead atoms. The lowest BCUT2D eigenvalue weighted by Gasteiger charge is -2.06. The molecule has 0 heterocycles. The van der Waals surface area contributed by atoms with Crippen LogP contribution in [-0.2, 0) is 4.74 Å². The van der Waals surface area contributed by atoms with Gasteiger partial charge in [0.1, 0.15) is 0 Å². The highest BCUT2D eigenvalue weighted by atomic mass is 35.5. The second-order valence-electron chi connectivity index (χ2n) is 1.70. The first-order valence-electron chi connectivity index (χ1n) is 2.41. The van der Waals surface area contributed by atoms with Crippen LogP contribution in [0.4, 0.5) is 0 Å². The molecule has 0 spiro atoms. The summed E-state index contributed by atoms with van der Waals surface area (Å²) in [6.45, 7) is 3.66. The summed E-state index contributed by atoms with van der Waals surface area (Å²) in [5, 5.41) is 0.0494. The van der Waals surface area contributed by atoms with E-state index in [0.717, 1.165) is 0 Å². The summed E-state index contributed by atoms with van der Waals surface area (Å²) >= 11 is 15.9. The predicted molar refractivity (Wildman–Crippen MR) is 40.8 cm³/mol. The second-order valence-corrected chi connectivity index (χ2v) is 2.99. The highest BCUT2D eigenvalue weighted by Crippen LogP contribution is 2.19. The summed E-state index contributed by atoms with van der Waals surface area (Å²) in [5.74, 6) is 0. The third-order valence-corrected chi connectivity index (χ3v) is 1.30. The lowest BCUT2D eigenvalue weighted by Crippen LogP contribution is -1.98. The number of ether oxygens (including phenoxy) is 1. The molecule has 54 valence electrons. The summed E-state index contributed by atoms with van der Waals surface area (Å²) in [6.07, 6.45) is 0.00463. The summed E-state index contributed by atoms with van der Waals surface area (Å²) in [6, 6.07) is 0. The van der Waals surface area contributed by atoms with Crippen LogP contribution in [0.15, 0.2) is 9.71 Å². The Morgan fingerprint density at radius 2 is 1.67 bits per heavy atom. The van der Waals surface area contributed by atoms with Crippen LogP contribution in [0.25, 0.3) is 0 Å². The smallest absolute Gasteiger partial charge is 0.218 e. The van der Waals surface area contributed by atoms with Crippen LogP contribution in [0.3, 0.4) is 0 Å². The molecule has 0 unspecified atom stereocenters. The van der Waals surface area contributed by atoms with E-state index in [0.29, 0.717) is 0 Å². The Balaban J connectivity index is 3.77. The number of rotatable bonds is 2. The van der Waals surface area contributed by atoms with Crippen molar-refractivity contribution >= 4 is 34.8 Å². The Kier molecular flexibility index (Phi) is 4.46. The molecule has 0 aromatic carbocycles. The van der Waals surface area contributed by atoms with Crippen LogP contribution >= 0.6 is 34.8 Å². The van der Waals surface area contributed by atoms with E-state index in [9.17, 15) is 0 Å². The summed E-state index contributed by atoms with van der Waals surface area (Å²) in [5.41, 5.74) is 0. The van der Waals surface area contributed by atoms with E-state index in [1.165, 1.54) is 0 Å². The quantitative estimate of drug-likeness (QED) is 0.606. The fourth-order valence-electron chi connectivity index (χ4n) is 0.251. The zero-order valence-electron chi connectivity index (χ0n) is 5.12. The average molecular weight is 189 g/mol. The van der Waals surface area contributed by atoms with Gasteiger partial charge in [-0.3, -0.25) is 0 Å². The van der Waals surface area contributed by atoms with Gasteiger partial charge in [-0.25, -0.2) is 0 Å². The largest absolute Gasteiger partial charge is 0.479 e. The predicted octanol–water partition coefficient (Wildman–Crippen LogP) is 3.25. The van der Waals surface area contributed by atoms with E-state index < -0.39 is 0 Å². The molecular formula is C5H7Cl3O. The molecule has 9 heavy (non-hydrogen) atoms. The van der Waals surface area contributed by atoms with Crippen LogP contribution in [0.1, 0.15) is 13.8 Å². The van der Waals surface area contributed by atoms with E-state index in [2.05, 4.69) is 0 Å². The number of halogens is 3. The Labute approximate surface area is 69.5 Å². The minimum absolute atomic E-state index is 0.00463. The van der Waals surface area contributed by atoms with Gasteiger partial charge in [0.15, 0.2) is 4.49 Å². The standard InChI is InChI=1S/C5H7Cl3O/c1-3(2)9-5(8)4(6)7/h3H,1-2H3. The molecule has 1 nitrogen and oxygen atoms in total. The van der Waals surface area contributed by atoms with Gasteiger partial charge in [0.2, 0.25) is 5.22 Å². The first-order valence-corrected chi connectivity index (χ1v) is 3.55. The minimum Gasteiger partial charge on any atom is -0.479 e. The minimum atomic E-state index is -0.0367. The lowest BCUT2D eigenvalue weighted by molar-refractivity contribution is 0.168. The number of hydrogen-bond donors (Lipinski definition) is 0. The third kappa shape index (κ3) is 4.89. The van der Waals surface area contributed by atoms with Crippen molar-refractivity contribution in [1.82, 2.24) is 0 Å². The van der Waals surface area contributed by atoms with E-state index in [4.69, 9.17) is 39.5 Å². The normalized spacial score (nSPS) is 9.56. The molecule has 4 heteroatoms. The van der Waals surface area contributed by atoms with Crippen molar-refractivity contribution in [2.75, 3.05) is 0 Å². The van der Waals surface area contributed by atoms with Gasteiger partial charge in [-0.15, -0.1) is 0 Å². The first-order chi connectivity index (χ1) is 4.04. The van der Waals surface area contributed by atoms with Gasteiger partial charge < -0.3 is 4.74 Å². The molecule has 0 aliphatic carbocycles. The molecule has 0 aliphatic heterocycles. The molecule has 0 aliphatic rings. The Hall–Kier alpha value is 0.410. The van der Waals surface area contributed by atoms with Crippen LogP contribution < -0.4 is 0 Å². The molecule has 0 rings (SSSR count). The van der Waals surface area contributed by atoms with Gasteiger partial charge in [-0.05, 0) is 25.4 Å². The fourth-order valence-corrected chi connectivity index (χ4v) is 0.519. The monoisotopic (exact) mass is 188 g/mol. The van der Waals surface area contributed by atoms with Crippen molar-refractivity contribution in [3.05, 3.63) is 9.71 Å². The topological polar surface area (TPSA) is 9.23 Å². The zero-order valence-corrected chi connectivity index (χ0v) is 7.39. The van der Waals surface area contributed by atoms with Crippen LogP contribution in [0.5, 0.6) is 0 Å². The van der Waals surface area contributed by atoms with Crippen molar-refractivity contribution < 1.29 is 4.74 Å². The summed E-state index contributed by atoms with van der Waals surface area (Å²) in [4.78, 5) is 0. The van der Waals surface area contributed by atoms with Crippen LogP contribution in [0.2, 0.25) is 0 Å². The maximum atomic E-state index is 5.40. The van der Waals surface area contributed by atoms with Crippen molar-refractivity contribution in [2.24, 2.45) is 0 Å². The van der Waals surface area contributed by atoms with Gasteiger partial charge in [-0.2, -0.15) is 0 Å². The van der Waals surface area contributed by atoms with Crippen molar-refractivity contribution in [2.45, 2.75) is 20.0 Å². The maximum absolute atomic E-state index is 5.40. The van der Waals surface area contributed by atoms with E-state index >= 15 is 0 Å². The van der Waals surface area contributed by atoms with Gasteiger partial charge in [0.25, 0.3) is 0 Å². The van der Waals surface area contributed by atoms with E-state index in [-0.39, 0.29) is 15.8 Å². The van der Waals surface area contributed by atoms with Crippen molar-refractivity contribution in [3.8, 4) is 0 Å². The van der Waals surface area contributed by atoms with Gasteiger partial charge in [-0.1, -0.05) is 23.2 Å². The van der Waals surface area contributed by atoms with E-state index in [1.807, 2.05) is 13.8 Å². The molecule has 0 aromatic rings. The molecule has 0 fully saturated rings. The lowest BCUT2D eigenvalue weighted by atomic mass is 10.5. The Bertz CT molecular complexity index is 115. The van der Waals surface area contributed by atoms with Gasteiger partial charge in [0, 0.05) is 0 Å². The Morgan fingerprint density at radius 3 is 1.78 bits per heavy atom. The average Bonchev–Trinajstić information content (AvgIpc) is 1.63. The molecule has 0 radical (unpaired) electrons. The maximum Gasteiger partial charge on any atom is 0.218 e. The van der Waals surface area contributed by atoms with Crippen LogP contribution in [-0.4, -0.2) is 6.10 Å². The number of hydrogen-bond acceptors (Lipinski definition) is 1. The van der Waals surface area contributed by atoms with Crippen LogP contribution in [0, 0.1) is 0 Å². The third-order valence-electron chi connectivity index (χ3n) is 0.488. The summed E-state index contributed by atoms with van der Waals surface area (Å²) in [7, 11) is 0. The molecule has 0 saturated heterocycles. The second kappa shape index (κ2) is 4.26. The van der Waals surface area contributed by atoms with Crippen molar-refractivity contribution in [3.63, 3.8) is 0 Å². The molecule has 0 N–H and O–H groups in total. The fraction of sp³-hybridized carbons (Fsp3) is 0.600. The highest BCUT2D eigenvalue weighted by Gasteiger charge is 2.00. The first kappa shape index (κ1) is 9.41. The zero-order chi connectivity index (χ0) is 7.44. The van der Waals surface area contributed by atoms with Crippen molar-refractivity contribution in [1.29, 1.82) is 0 Å². The van der Waals surface area contributed by atoms with E-state index in [1.54, 1.807) is 0 Å². The molecule has 0 saturated carbocycles. The Morgan fingerprint density at radius 1 is 1.22 bits per heavy atom. The molecular weight excluding hydrogens is 182 g/mol. The molecule has 0 aromatic heterocycles. The molecule has 0 atom stereocenters. The van der Waals surface area contributed by atoms with Gasteiger partial charge in [0.05, 0.1) is 6.10 Å².